The first kappa shape index (κ1) is 13.6. The Labute approximate surface area is 113 Å². The number of aromatic nitrogens is 2. The molecule has 0 bridgehead atoms. The minimum Gasteiger partial charge on any atom is -0.478 e. The Morgan fingerprint density at radius 1 is 1.37 bits per heavy atom. The van der Waals surface area contributed by atoms with E-state index in [4.69, 9.17) is 0 Å². The van der Waals surface area contributed by atoms with Gasteiger partial charge in [0, 0.05) is 12.5 Å². The number of carboxylic acid groups (broad SMARTS) is 1. The zero-order valence-electron chi connectivity index (χ0n) is 11.8. The van der Waals surface area contributed by atoms with E-state index < -0.39 is 5.97 Å². The van der Waals surface area contributed by atoms with E-state index in [0.29, 0.717) is 11.5 Å². The summed E-state index contributed by atoms with van der Waals surface area (Å²) in [6.45, 7) is 8.44. The summed E-state index contributed by atoms with van der Waals surface area (Å²) in [5.41, 5.74) is 1.84. The summed E-state index contributed by atoms with van der Waals surface area (Å²) >= 11 is 0. The molecule has 0 aliphatic heterocycles. The number of rotatable bonds is 4. The van der Waals surface area contributed by atoms with Crippen LogP contribution in [0.2, 0.25) is 0 Å². The van der Waals surface area contributed by atoms with Crippen LogP contribution in [0.5, 0.6) is 0 Å². The van der Waals surface area contributed by atoms with Gasteiger partial charge in [0.15, 0.2) is 0 Å². The van der Waals surface area contributed by atoms with Gasteiger partial charge >= 0.3 is 5.97 Å². The average molecular weight is 260 g/mol. The highest BCUT2D eigenvalue weighted by Crippen LogP contribution is 2.28. The molecular formula is C15H20N2O2. The fraction of sp³-hybridized carbons (Fsp3) is 0.467. The first-order chi connectivity index (χ1) is 8.97. The maximum atomic E-state index is 11.4. The monoisotopic (exact) mass is 260 g/mol. The molecule has 1 heterocycles. The average Bonchev–Trinajstić information content (AvgIpc) is 2.75. The highest BCUT2D eigenvalue weighted by Gasteiger charge is 2.21. The molecule has 0 radical (unpaired) electrons. The normalized spacial score (nSPS) is 13.1. The van der Waals surface area contributed by atoms with Crippen molar-refractivity contribution in [1.82, 2.24) is 9.55 Å². The Hall–Kier alpha value is -1.84. The molecule has 102 valence electrons. The zero-order valence-corrected chi connectivity index (χ0v) is 11.8. The van der Waals surface area contributed by atoms with Crippen molar-refractivity contribution in [3.05, 3.63) is 29.6 Å². The van der Waals surface area contributed by atoms with Gasteiger partial charge in [-0.2, -0.15) is 0 Å². The highest BCUT2D eigenvalue weighted by atomic mass is 16.4. The van der Waals surface area contributed by atoms with Crippen LogP contribution < -0.4 is 0 Å². The third kappa shape index (κ3) is 2.23. The van der Waals surface area contributed by atoms with Crippen LogP contribution >= 0.6 is 0 Å². The van der Waals surface area contributed by atoms with Gasteiger partial charge in [-0.05, 0) is 25.0 Å². The second kappa shape index (κ2) is 5.03. The lowest BCUT2D eigenvalue weighted by Crippen LogP contribution is -2.15. The number of aromatic carboxylic acids is 1. The number of benzene rings is 1. The maximum absolute atomic E-state index is 11.4. The summed E-state index contributed by atoms with van der Waals surface area (Å²) < 4.78 is 2.09. The molecule has 0 aliphatic carbocycles. The van der Waals surface area contributed by atoms with Crippen molar-refractivity contribution >= 4 is 17.0 Å². The Morgan fingerprint density at radius 3 is 2.58 bits per heavy atom. The summed E-state index contributed by atoms with van der Waals surface area (Å²) in [6.07, 6.45) is 0.796. The molecular weight excluding hydrogens is 240 g/mol. The number of hydrogen-bond donors (Lipinski definition) is 1. The predicted octanol–water partition coefficient (Wildman–Crippen LogP) is 3.51. The van der Waals surface area contributed by atoms with Gasteiger partial charge in [0.1, 0.15) is 5.82 Å². The van der Waals surface area contributed by atoms with E-state index in [1.54, 1.807) is 12.1 Å². The Morgan fingerprint density at radius 2 is 2.05 bits per heavy atom. The Balaban J connectivity index is 2.81. The number of carboxylic acids is 1. The van der Waals surface area contributed by atoms with Gasteiger partial charge in [-0.3, -0.25) is 0 Å². The van der Waals surface area contributed by atoms with Crippen LogP contribution in [-0.2, 0) is 6.42 Å². The topological polar surface area (TPSA) is 55.1 Å². The summed E-state index contributed by atoms with van der Waals surface area (Å²) in [7, 11) is 0. The molecule has 0 saturated carbocycles. The first-order valence-corrected chi connectivity index (χ1v) is 6.70. The quantitative estimate of drug-likeness (QED) is 0.915. The van der Waals surface area contributed by atoms with Crippen molar-refractivity contribution in [1.29, 1.82) is 0 Å². The minimum absolute atomic E-state index is 0.223. The van der Waals surface area contributed by atoms with Gasteiger partial charge in [-0.15, -0.1) is 0 Å². The number of carbonyl (C=O) groups is 1. The molecule has 0 amide bonds. The molecule has 0 spiro atoms. The van der Waals surface area contributed by atoms with E-state index in [1.807, 2.05) is 13.0 Å². The standard InChI is InChI=1S/C15H20N2O2/c1-5-13-16-12-8-6-7-11(15(18)19)14(12)17(13)10(4)9(2)3/h6-10H,5H2,1-4H3,(H,18,19). The fourth-order valence-electron chi connectivity index (χ4n) is 2.36. The van der Waals surface area contributed by atoms with E-state index in [-0.39, 0.29) is 6.04 Å². The van der Waals surface area contributed by atoms with Gasteiger partial charge in [0.25, 0.3) is 0 Å². The molecule has 1 aromatic heterocycles. The molecule has 1 aromatic carbocycles. The summed E-state index contributed by atoms with van der Waals surface area (Å²) in [4.78, 5) is 16.0. The number of aryl methyl sites for hydroxylation is 1. The lowest BCUT2D eigenvalue weighted by molar-refractivity contribution is 0.0698. The number of fused-ring (bicyclic) bond motifs is 1. The van der Waals surface area contributed by atoms with Crippen molar-refractivity contribution in [2.75, 3.05) is 0 Å². The smallest absolute Gasteiger partial charge is 0.337 e. The molecule has 1 atom stereocenters. The second-order valence-electron chi connectivity index (χ2n) is 5.21. The second-order valence-corrected chi connectivity index (χ2v) is 5.21. The molecule has 2 aromatic rings. The largest absolute Gasteiger partial charge is 0.478 e. The van der Waals surface area contributed by atoms with Crippen LogP contribution in [0.15, 0.2) is 18.2 Å². The van der Waals surface area contributed by atoms with Gasteiger partial charge in [0.2, 0.25) is 0 Å². The Kier molecular flexibility index (Phi) is 3.60. The lowest BCUT2D eigenvalue weighted by Gasteiger charge is -2.21. The van der Waals surface area contributed by atoms with Crippen molar-refractivity contribution in [3.8, 4) is 0 Å². The van der Waals surface area contributed by atoms with Crippen LogP contribution in [0.1, 0.15) is 49.9 Å². The predicted molar refractivity (Wildman–Crippen MR) is 75.6 cm³/mol. The zero-order chi connectivity index (χ0) is 14.2. The summed E-state index contributed by atoms with van der Waals surface area (Å²) in [5, 5.41) is 9.37. The van der Waals surface area contributed by atoms with Crippen molar-refractivity contribution in [3.63, 3.8) is 0 Å². The van der Waals surface area contributed by atoms with E-state index in [2.05, 4.69) is 30.3 Å². The molecule has 19 heavy (non-hydrogen) atoms. The molecule has 0 fully saturated rings. The fourth-order valence-corrected chi connectivity index (χ4v) is 2.36. The maximum Gasteiger partial charge on any atom is 0.337 e. The van der Waals surface area contributed by atoms with Crippen LogP contribution in [0, 0.1) is 5.92 Å². The molecule has 4 nitrogen and oxygen atoms in total. The Bertz CT molecular complexity index is 614. The number of nitrogens with zero attached hydrogens (tertiary/aromatic N) is 2. The van der Waals surface area contributed by atoms with E-state index in [9.17, 15) is 9.90 Å². The summed E-state index contributed by atoms with van der Waals surface area (Å²) in [6, 6.07) is 5.50. The van der Waals surface area contributed by atoms with Gasteiger partial charge < -0.3 is 9.67 Å². The molecule has 4 heteroatoms. The highest BCUT2D eigenvalue weighted by molar-refractivity contribution is 6.01. The van der Waals surface area contributed by atoms with Crippen LogP contribution in [-0.4, -0.2) is 20.6 Å². The number of para-hydroxylation sites is 1. The molecule has 0 saturated heterocycles. The van der Waals surface area contributed by atoms with Crippen molar-refractivity contribution < 1.29 is 9.90 Å². The van der Waals surface area contributed by atoms with E-state index in [1.165, 1.54) is 0 Å². The van der Waals surface area contributed by atoms with Crippen molar-refractivity contribution in [2.24, 2.45) is 5.92 Å². The van der Waals surface area contributed by atoms with Crippen molar-refractivity contribution in [2.45, 2.75) is 40.2 Å². The summed E-state index contributed by atoms with van der Waals surface area (Å²) in [5.74, 6) is 0.472. The van der Waals surface area contributed by atoms with Crippen LogP contribution in [0.3, 0.4) is 0 Å². The molecule has 0 aliphatic rings. The van der Waals surface area contributed by atoms with E-state index >= 15 is 0 Å². The molecule has 1 N–H and O–H groups in total. The van der Waals surface area contributed by atoms with Gasteiger partial charge in [0.05, 0.1) is 16.6 Å². The number of hydrogen-bond acceptors (Lipinski definition) is 2. The third-order valence-electron chi connectivity index (χ3n) is 3.70. The SMILES string of the molecule is CCc1nc2cccc(C(=O)O)c2n1C(C)C(C)C. The molecule has 1 unspecified atom stereocenters. The first-order valence-electron chi connectivity index (χ1n) is 6.70. The van der Waals surface area contributed by atoms with Crippen LogP contribution in [0.4, 0.5) is 0 Å². The minimum atomic E-state index is -0.898. The molecule has 2 rings (SSSR count). The third-order valence-corrected chi connectivity index (χ3v) is 3.70. The van der Waals surface area contributed by atoms with E-state index in [0.717, 1.165) is 23.3 Å². The number of imidazole rings is 1. The van der Waals surface area contributed by atoms with Gasteiger partial charge in [-0.1, -0.05) is 26.8 Å². The van der Waals surface area contributed by atoms with Crippen LogP contribution in [0.25, 0.3) is 11.0 Å². The lowest BCUT2D eigenvalue weighted by atomic mass is 10.0. The van der Waals surface area contributed by atoms with Gasteiger partial charge in [-0.25, -0.2) is 9.78 Å².